The largest absolute Gasteiger partial charge is 0.366 e. The average Bonchev–Trinajstić information content (AvgIpc) is 2.38. The third kappa shape index (κ3) is 2.82. The van der Waals surface area contributed by atoms with Crippen molar-refractivity contribution in [1.82, 2.24) is 0 Å². The van der Waals surface area contributed by atoms with Gasteiger partial charge >= 0.3 is 0 Å². The molecule has 0 aromatic heterocycles. The van der Waals surface area contributed by atoms with E-state index in [4.69, 9.17) is 14.2 Å². The highest BCUT2D eigenvalue weighted by molar-refractivity contribution is 5.18. The Bertz CT molecular complexity index is 299. The Labute approximate surface area is 96.3 Å². The van der Waals surface area contributed by atoms with Crippen molar-refractivity contribution in [2.45, 2.75) is 25.7 Å². The normalized spacial score (nSPS) is 25.6. The van der Waals surface area contributed by atoms with E-state index in [9.17, 15) is 0 Å². The molecule has 88 valence electrons. The summed E-state index contributed by atoms with van der Waals surface area (Å²) >= 11 is 0. The average molecular weight is 222 g/mol. The lowest BCUT2D eigenvalue weighted by atomic mass is 10.1. The number of benzene rings is 1. The van der Waals surface area contributed by atoms with E-state index in [1.807, 2.05) is 30.3 Å². The topological polar surface area (TPSA) is 27.7 Å². The maximum Gasteiger partial charge on any atom is 0.188 e. The van der Waals surface area contributed by atoms with Gasteiger partial charge in [0, 0.05) is 6.61 Å². The van der Waals surface area contributed by atoms with Crippen LogP contribution in [0.5, 0.6) is 0 Å². The zero-order chi connectivity index (χ0) is 11.2. The second-order valence-corrected chi connectivity index (χ2v) is 3.81. The first-order valence-electron chi connectivity index (χ1n) is 5.81. The van der Waals surface area contributed by atoms with Crippen LogP contribution in [0.1, 0.15) is 25.0 Å². The van der Waals surface area contributed by atoms with Crippen molar-refractivity contribution in [2.24, 2.45) is 0 Å². The van der Waals surface area contributed by atoms with Crippen LogP contribution in [0.2, 0.25) is 0 Å². The predicted octanol–water partition coefficient (Wildman–Crippen LogP) is 2.53. The lowest BCUT2D eigenvalue weighted by Gasteiger charge is -2.31. The monoisotopic (exact) mass is 222 g/mol. The zero-order valence-electron chi connectivity index (χ0n) is 9.59. The fourth-order valence-corrected chi connectivity index (χ4v) is 1.77. The molecule has 0 amide bonds. The van der Waals surface area contributed by atoms with E-state index in [0.717, 1.165) is 12.0 Å². The van der Waals surface area contributed by atoms with Crippen LogP contribution in [0.4, 0.5) is 0 Å². The van der Waals surface area contributed by atoms with Crippen molar-refractivity contribution in [3.63, 3.8) is 0 Å². The highest BCUT2D eigenvalue weighted by atomic mass is 16.7. The molecule has 0 bridgehead atoms. The first-order valence-corrected chi connectivity index (χ1v) is 5.81. The Kier molecular flexibility index (Phi) is 4.34. The molecule has 0 spiro atoms. The molecule has 3 nitrogen and oxygen atoms in total. The van der Waals surface area contributed by atoms with Crippen molar-refractivity contribution in [1.29, 1.82) is 0 Å². The summed E-state index contributed by atoms with van der Waals surface area (Å²) in [5, 5.41) is 0. The third-order valence-electron chi connectivity index (χ3n) is 2.52. The maximum absolute atomic E-state index is 5.72. The molecule has 2 unspecified atom stereocenters. The molecule has 0 aliphatic carbocycles. The van der Waals surface area contributed by atoms with Gasteiger partial charge in [-0.2, -0.15) is 0 Å². The van der Waals surface area contributed by atoms with Gasteiger partial charge in [0.1, 0.15) is 6.10 Å². The van der Waals surface area contributed by atoms with E-state index in [2.05, 4.69) is 6.92 Å². The third-order valence-corrected chi connectivity index (χ3v) is 2.52. The van der Waals surface area contributed by atoms with Crippen molar-refractivity contribution in [3.8, 4) is 0 Å². The highest BCUT2D eigenvalue weighted by Crippen LogP contribution is 2.27. The van der Waals surface area contributed by atoms with Crippen molar-refractivity contribution < 1.29 is 14.2 Å². The minimum atomic E-state index is -0.268. The van der Waals surface area contributed by atoms with Gasteiger partial charge in [-0.05, 0) is 12.0 Å². The van der Waals surface area contributed by atoms with Gasteiger partial charge in [-0.3, -0.25) is 0 Å². The van der Waals surface area contributed by atoms with E-state index in [1.54, 1.807) is 0 Å². The second-order valence-electron chi connectivity index (χ2n) is 3.81. The van der Waals surface area contributed by atoms with Crippen LogP contribution < -0.4 is 0 Å². The minimum Gasteiger partial charge on any atom is -0.366 e. The first-order chi connectivity index (χ1) is 7.92. The zero-order valence-corrected chi connectivity index (χ0v) is 9.59. The smallest absolute Gasteiger partial charge is 0.188 e. The molecule has 1 aromatic rings. The van der Waals surface area contributed by atoms with Gasteiger partial charge in [-0.25, -0.2) is 0 Å². The van der Waals surface area contributed by atoms with Gasteiger partial charge in [-0.1, -0.05) is 37.3 Å². The standard InChI is InChI=1S/C13H18O3/c1-2-8-15-13-12(14-9-10-16-13)11-6-4-3-5-7-11/h3-7,12-13H,2,8-10H2,1H3. The molecule has 0 radical (unpaired) electrons. The van der Waals surface area contributed by atoms with Crippen LogP contribution in [0.3, 0.4) is 0 Å². The Morgan fingerprint density at radius 2 is 1.94 bits per heavy atom. The van der Waals surface area contributed by atoms with E-state index >= 15 is 0 Å². The van der Waals surface area contributed by atoms with Crippen molar-refractivity contribution in [2.75, 3.05) is 19.8 Å². The molecular formula is C13H18O3. The quantitative estimate of drug-likeness (QED) is 0.783. The second kappa shape index (κ2) is 5.99. The van der Waals surface area contributed by atoms with E-state index in [0.29, 0.717) is 19.8 Å². The summed E-state index contributed by atoms with van der Waals surface area (Å²) in [4.78, 5) is 0. The Hall–Kier alpha value is -0.900. The summed E-state index contributed by atoms with van der Waals surface area (Å²) in [6.45, 7) is 4.03. The van der Waals surface area contributed by atoms with Gasteiger partial charge in [0.2, 0.25) is 0 Å². The molecule has 0 saturated carbocycles. The molecule has 1 fully saturated rings. The van der Waals surface area contributed by atoms with Crippen LogP contribution in [0, 0.1) is 0 Å². The summed E-state index contributed by atoms with van der Waals surface area (Å²) < 4.78 is 17.0. The fourth-order valence-electron chi connectivity index (χ4n) is 1.77. The van der Waals surface area contributed by atoms with Crippen LogP contribution >= 0.6 is 0 Å². The molecule has 1 aliphatic heterocycles. The summed E-state index contributed by atoms with van der Waals surface area (Å²) in [6, 6.07) is 10.1. The van der Waals surface area contributed by atoms with Crippen LogP contribution in [0.25, 0.3) is 0 Å². The Morgan fingerprint density at radius 1 is 1.19 bits per heavy atom. The van der Waals surface area contributed by atoms with Gasteiger partial charge in [0.25, 0.3) is 0 Å². The van der Waals surface area contributed by atoms with Crippen LogP contribution in [0.15, 0.2) is 30.3 Å². The number of ether oxygens (including phenoxy) is 3. The number of rotatable bonds is 4. The molecule has 0 N–H and O–H groups in total. The van der Waals surface area contributed by atoms with E-state index in [1.165, 1.54) is 0 Å². The van der Waals surface area contributed by atoms with Crippen molar-refractivity contribution >= 4 is 0 Å². The van der Waals surface area contributed by atoms with E-state index < -0.39 is 0 Å². The van der Waals surface area contributed by atoms with Crippen molar-refractivity contribution in [3.05, 3.63) is 35.9 Å². The van der Waals surface area contributed by atoms with Crippen LogP contribution in [-0.2, 0) is 14.2 Å². The lowest BCUT2D eigenvalue weighted by molar-refractivity contribution is -0.251. The van der Waals surface area contributed by atoms with Gasteiger partial charge in [0.15, 0.2) is 6.29 Å². The summed E-state index contributed by atoms with van der Waals surface area (Å²) in [7, 11) is 0. The number of hydrogen-bond acceptors (Lipinski definition) is 3. The molecule has 16 heavy (non-hydrogen) atoms. The molecule has 1 aliphatic rings. The summed E-state index contributed by atoms with van der Waals surface area (Å²) in [5.41, 5.74) is 1.11. The first kappa shape index (κ1) is 11.6. The number of hydrogen-bond donors (Lipinski definition) is 0. The van der Waals surface area contributed by atoms with Gasteiger partial charge in [0.05, 0.1) is 13.2 Å². The summed E-state index contributed by atoms with van der Waals surface area (Å²) in [6.07, 6.45) is 0.624. The Morgan fingerprint density at radius 3 is 2.69 bits per heavy atom. The van der Waals surface area contributed by atoms with Crippen LogP contribution in [-0.4, -0.2) is 26.1 Å². The molecular weight excluding hydrogens is 204 g/mol. The van der Waals surface area contributed by atoms with Gasteiger partial charge in [-0.15, -0.1) is 0 Å². The SMILES string of the molecule is CCCOC1OCCOC1c1ccccc1. The molecule has 1 aromatic carbocycles. The molecule has 1 saturated heterocycles. The minimum absolute atomic E-state index is 0.0958. The summed E-state index contributed by atoms with van der Waals surface area (Å²) in [5.74, 6) is 0. The molecule has 2 rings (SSSR count). The molecule has 3 heteroatoms. The predicted molar refractivity (Wildman–Crippen MR) is 61.1 cm³/mol. The maximum atomic E-state index is 5.72. The molecule has 2 atom stereocenters. The van der Waals surface area contributed by atoms with E-state index in [-0.39, 0.29) is 12.4 Å². The fraction of sp³-hybridized carbons (Fsp3) is 0.538. The lowest BCUT2D eigenvalue weighted by Crippen LogP contribution is -2.34. The van der Waals surface area contributed by atoms with Gasteiger partial charge < -0.3 is 14.2 Å². The molecule has 1 heterocycles. The Balaban J connectivity index is 2.04. The highest BCUT2D eigenvalue weighted by Gasteiger charge is 2.28.